The predicted molar refractivity (Wildman–Crippen MR) is 148 cm³/mol. The van der Waals surface area contributed by atoms with Gasteiger partial charge in [0.1, 0.15) is 0 Å². The number of carbonyl (C=O) groups excluding carboxylic acids is 2. The van der Waals surface area contributed by atoms with Gasteiger partial charge in [-0.05, 0) is 69.6 Å². The lowest BCUT2D eigenvalue weighted by Crippen LogP contribution is -2.63. The number of nitrogens with one attached hydrogen (secondary N) is 3. The van der Waals surface area contributed by atoms with Gasteiger partial charge in [-0.15, -0.1) is 5.10 Å². The minimum absolute atomic E-state index is 0.0557. The summed E-state index contributed by atoms with van der Waals surface area (Å²) in [5.41, 5.74) is -0.624. The molecule has 220 valence electrons. The van der Waals surface area contributed by atoms with E-state index in [2.05, 4.69) is 25.9 Å². The van der Waals surface area contributed by atoms with Gasteiger partial charge in [0.05, 0.1) is 23.7 Å². The van der Waals surface area contributed by atoms with Crippen LogP contribution in [-0.4, -0.2) is 64.4 Å². The highest BCUT2D eigenvalue weighted by molar-refractivity contribution is 5.98. The van der Waals surface area contributed by atoms with Gasteiger partial charge >= 0.3 is 12.2 Å². The first-order chi connectivity index (χ1) is 19.1. The molecule has 2 saturated carbocycles. The van der Waals surface area contributed by atoms with Crippen LogP contribution in [0.2, 0.25) is 0 Å². The van der Waals surface area contributed by atoms with Crippen LogP contribution in [0.5, 0.6) is 0 Å². The third-order valence-corrected chi connectivity index (χ3v) is 8.88. The van der Waals surface area contributed by atoms with E-state index in [1.807, 2.05) is 0 Å². The number of likely N-dealkylation sites (tertiary alicyclic amines) is 1. The highest BCUT2D eigenvalue weighted by Crippen LogP contribution is 2.40. The fourth-order valence-electron chi connectivity index (χ4n) is 6.78. The molecule has 3 N–H and O–H groups in total. The molecule has 0 unspecified atom stereocenters. The first-order valence-corrected chi connectivity index (χ1v) is 14.8. The average molecular weight is 563 g/mol. The van der Waals surface area contributed by atoms with Gasteiger partial charge in [-0.2, -0.15) is 17.9 Å². The number of anilines is 1. The molecule has 0 bridgehead atoms. The number of benzene rings is 1. The van der Waals surface area contributed by atoms with E-state index in [1.54, 1.807) is 13.8 Å². The number of fused-ring (bicyclic) bond motifs is 1. The van der Waals surface area contributed by atoms with E-state index in [1.165, 1.54) is 63.9 Å². The molecule has 2 amide bonds. The van der Waals surface area contributed by atoms with Gasteiger partial charge in [0.15, 0.2) is 5.82 Å². The number of nitrogens with zero attached hydrogens (tertiary/aromatic N) is 3. The Kier molecular flexibility index (Phi) is 8.58. The second-order valence-corrected chi connectivity index (χ2v) is 12.1. The van der Waals surface area contributed by atoms with Crippen molar-refractivity contribution in [3.63, 3.8) is 0 Å². The lowest BCUT2D eigenvalue weighted by atomic mass is 9.72. The van der Waals surface area contributed by atoms with Crippen molar-refractivity contribution in [3.8, 4) is 0 Å². The molecule has 0 atom stereocenters. The topological polar surface area (TPSA) is 91.3 Å². The summed E-state index contributed by atoms with van der Waals surface area (Å²) in [5, 5.41) is 12.9. The molecule has 5 rings (SSSR count). The SMILES string of the molecule is CC(C)NC(=O)n1nc(NCC(=O)NC2CN(C3CCC(C4CCCCC4)CC3)C2)c2cc(C(F)(F)F)ccc21. The number of hydrogen-bond donors (Lipinski definition) is 3. The van der Waals surface area contributed by atoms with Crippen LogP contribution >= 0.6 is 0 Å². The Hall–Kier alpha value is -2.82. The third-order valence-electron chi connectivity index (χ3n) is 8.88. The second kappa shape index (κ2) is 12.0. The van der Waals surface area contributed by atoms with Crippen molar-refractivity contribution in [2.75, 3.05) is 25.0 Å². The molecule has 1 saturated heterocycles. The smallest absolute Gasteiger partial charge is 0.359 e. The van der Waals surface area contributed by atoms with Gasteiger partial charge in [-0.3, -0.25) is 9.69 Å². The monoisotopic (exact) mass is 562 g/mol. The number of alkyl halides is 3. The van der Waals surface area contributed by atoms with Crippen molar-refractivity contribution in [2.45, 2.75) is 95.9 Å². The Bertz CT molecular complexity index is 1190. The van der Waals surface area contributed by atoms with Crippen molar-refractivity contribution in [1.29, 1.82) is 0 Å². The number of amides is 2. The summed E-state index contributed by atoms with van der Waals surface area (Å²) in [4.78, 5) is 27.8. The molecule has 1 aromatic heterocycles. The molecule has 40 heavy (non-hydrogen) atoms. The molecule has 0 spiro atoms. The zero-order valence-corrected chi connectivity index (χ0v) is 23.4. The molecular formula is C29H41F3N6O2. The largest absolute Gasteiger partial charge is 0.416 e. The van der Waals surface area contributed by atoms with E-state index < -0.39 is 17.8 Å². The van der Waals surface area contributed by atoms with Crippen molar-refractivity contribution < 1.29 is 22.8 Å². The maximum absolute atomic E-state index is 13.4. The zero-order valence-electron chi connectivity index (χ0n) is 23.4. The van der Waals surface area contributed by atoms with Crippen LogP contribution in [0.3, 0.4) is 0 Å². The number of rotatable bonds is 7. The van der Waals surface area contributed by atoms with Crippen molar-refractivity contribution in [1.82, 2.24) is 25.3 Å². The Morgan fingerprint density at radius 1 is 1.00 bits per heavy atom. The maximum atomic E-state index is 13.4. The third kappa shape index (κ3) is 6.56. The fraction of sp³-hybridized carbons (Fsp3) is 0.690. The van der Waals surface area contributed by atoms with Gasteiger partial charge in [0.2, 0.25) is 5.91 Å². The summed E-state index contributed by atoms with van der Waals surface area (Å²) in [6.07, 6.45) is 7.58. The highest BCUT2D eigenvalue weighted by Gasteiger charge is 2.37. The summed E-state index contributed by atoms with van der Waals surface area (Å²) in [6, 6.07) is 3.02. The first-order valence-electron chi connectivity index (χ1n) is 14.8. The minimum atomic E-state index is -4.55. The van der Waals surface area contributed by atoms with E-state index >= 15 is 0 Å². The first kappa shape index (κ1) is 28.7. The van der Waals surface area contributed by atoms with Crippen LogP contribution in [-0.2, 0) is 11.0 Å². The van der Waals surface area contributed by atoms with Crippen LogP contribution in [0, 0.1) is 11.8 Å². The van der Waals surface area contributed by atoms with Crippen LogP contribution in [0.15, 0.2) is 18.2 Å². The summed E-state index contributed by atoms with van der Waals surface area (Å²) in [7, 11) is 0. The summed E-state index contributed by atoms with van der Waals surface area (Å²) >= 11 is 0. The lowest BCUT2D eigenvalue weighted by Gasteiger charge is -2.47. The van der Waals surface area contributed by atoms with E-state index in [0.717, 1.165) is 41.7 Å². The Balaban J connectivity index is 1.13. The van der Waals surface area contributed by atoms with E-state index in [4.69, 9.17) is 0 Å². The molecule has 2 aromatic rings. The average Bonchev–Trinajstić information content (AvgIpc) is 3.27. The normalized spacial score (nSPS) is 23.2. The highest BCUT2D eigenvalue weighted by atomic mass is 19.4. The van der Waals surface area contributed by atoms with Crippen molar-refractivity contribution in [3.05, 3.63) is 23.8 Å². The quantitative estimate of drug-likeness (QED) is 0.422. The van der Waals surface area contributed by atoms with Gasteiger partial charge in [0, 0.05) is 30.6 Å². The van der Waals surface area contributed by atoms with Gasteiger partial charge in [-0.25, -0.2) is 4.79 Å². The van der Waals surface area contributed by atoms with Gasteiger partial charge in [0.25, 0.3) is 0 Å². The summed E-state index contributed by atoms with van der Waals surface area (Å²) < 4.78 is 41.1. The van der Waals surface area contributed by atoms with Crippen LogP contribution in [0.1, 0.15) is 77.2 Å². The predicted octanol–water partition coefficient (Wildman–Crippen LogP) is 5.37. The zero-order chi connectivity index (χ0) is 28.4. The molecule has 1 aromatic carbocycles. The molecule has 0 radical (unpaired) electrons. The molecule has 11 heteroatoms. The molecule has 2 heterocycles. The summed E-state index contributed by atoms with van der Waals surface area (Å²) in [6.45, 7) is 5.05. The van der Waals surface area contributed by atoms with Crippen molar-refractivity contribution in [2.24, 2.45) is 11.8 Å². The van der Waals surface area contributed by atoms with E-state index in [9.17, 15) is 22.8 Å². The number of aromatic nitrogens is 2. The Morgan fingerprint density at radius 2 is 1.68 bits per heavy atom. The molecule has 8 nitrogen and oxygen atoms in total. The number of carbonyl (C=O) groups is 2. The van der Waals surface area contributed by atoms with E-state index in [0.29, 0.717) is 6.04 Å². The minimum Gasteiger partial charge on any atom is -0.359 e. The maximum Gasteiger partial charge on any atom is 0.416 e. The molecule has 3 fully saturated rings. The van der Waals surface area contributed by atoms with Crippen LogP contribution < -0.4 is 16.0 Å². The standard InChI is InChI=1S/C29H41F3N6O2/c1-18(2)34-28(40)38-25-13-10-21(29(30,31)32)14-24(25)27(36-38)33-15-26(39)35-22-16-37(17-22)23-11-8-20(9-12-23)19-6-4-3-5-7-19/h10,13-14,18-20,22-23H,3-9,11-12,15-17H2,1-2H3,(H,33,36)(H,34,40)(H,35,39). The Morgan fingerprint density at radius 3 is 2.33 bits per heavy atom. The van der Waals surface area contributed by atoms with Gasteiger partial charge < -0.3 is 16.0 Å². The van der Waals surface area contributed by atoms with Crippen LogP contribution in [0.4, 0.5) is 23.8 Å². The summed E-state index contributed by atoms with van der Waals surface area (Å²) in [5.74, 6) is 1.62. The second-order valence-electron chi connectivity index (χ2n) is 12.1. The molecule has 3 aliphatic rings. The number of hydrogen-bond acceptors (Lipinski definition) is 5. The van der Waals surface area contributed by atoms with E-state index in [-0.39, 0.29) is 41.3 Å². The molecule has 1 aliphatic heterocycles. The Labute approximate surface area is 233 Å². The molecular weight excluding hydrogens is 521 g/mol. The fourth-order valence-corrected chi connectivity index (χ4v) is 6.78. The number of halogens is 3. The van der Waals surface area contributed by atoms with Gasteiger partial charge in [-0.1, -0.05) is 32.1 Å². The lowest BCUT2D eigenvalue weighted by molar-refractivity contribution is -0.137. The molecule has 2 aliphatic carbocycles. The van der Waals surface area contributed by atoms with Crippen molar-refractivity contribution >= 4 is 28.7 Å². The van der Waals surface area contributed by atoms with Crippen LogP contribution in [0.25, 0.3) is 10.9 Å².